The summed E-state index contributed by atoms with van der Waals surface area (Å²) in [6.07, 6.45) is -4.79. The predicted octanol–water partition coefficient (Wildman–Crippen LogP) is 6.92. The molecular formula is C30H27ClF3N3O5S2. The summed E-state index contributed by atoms with van der Waals surface area (Å²) in [7, 11) is -8.47. The van der Waals surface area contributed by atoms with E-state index in [-0.39, 0.29) is 21.2 Å². The Kier molecular flexibility index (Phi) is 9.33. The Morgan fingerprint density at radius 1 is 0.773 bits per heavy atom. The number of nitrogens with zero attached hydrogens (tertiary/aromatic N) is 1. The van der Waals surface area contributed by atoms with E-state index in [1.807, 2.05) is 13.8 Å². The van der Waals surface area contributed by atoms with Crippen LogP contribution in [0.25, 0.3) is 0 Å². The van der Waals surface area contributed by atoms with Gasteiger partial charge in [0.1, 0.15) is 6.54 Å². The summed E-state index contributed by atoms with van der Waals surface area (Å²) in [6, 6.07) is 18.8. The number of carbonyl (C=O) groups excluding carboxylic acids is 1. The zero-order valence-electron chi connectivity index (χ0n) is 23.6. The molecule has 14 heteroatoms. The van der Waals surface area contributed by atoms with E-state index >= 15 is 0 Å². The summed E-state index contributed by atoms with van der Waals surface area (Å²) in [5, 5.41) is 1.98. The Bertz CT molecular complexity index is 1920. The summed E-state index contributed by atoms with van der Waals surface area (Å²) < 4.78 is 95.6. The monoisotopic (exact) mass is 665 g/mol. The van der Waals surface area contributed by atoms with Crippen LogP contribution in [0, 0.1) is 20.8 Å². The van der Waals surface area contributed by atoms with E-state index in [2.05, 4.69) is 10.0 Å². The molecule has 4 rings (SSSR count). The second-order valence-electron chi connectivity index (χ2n) is 9.99. The van der Waals surface area contributed by atoms with Crippen LogP contribution in [-0.4, -0.2) is 29.3 Å². The second kappa shape index (κ2) is 12.5. The first kappa shape index (κ1) is 32.8. The quantitative estimate of drug-likeness (QED) is 0.202. The Morgan fingerprint density at radius 2 is 1.34 bits per heavy atom. The third-order valence-corrected chi connectivity index (χ3v) is 9.99. The van der Waals surface area contributed by atoms with Gasteiger partial charge < -0.3 is 5.32 Å². The summed E-state index contributed by atoms with van der Waals surface area (Å²) in [5.74, 6) is -0.699. The van der Waals surface area contributed by atoms with Gasteiger partial charge in [-0.25, -0.2) is 16.8 Å². The number of sulfonamides is 2. The van der Waals surface area contributed by atoms with Crippen molar-refractivity contribution < 1.29 is 34.8 Å². The van der Waals surface area contributed by atoms with Gasteiger partial charge in [0.25, 0.3) is 20.0 Å². The van der Waals surface area contributed by atoms with Crippen molar-refractivity contribution in [1.82, 2.24) is 0 Å². The molecule has 0 saturated heterocycles. The Hall–Kier alpha value is -4.07. The highest BCUT2D eigenvalue weighted by molar-refractivity contribution is 7.93. The van der Waals surface area contributed by atoms with Crippen LogP contribution in [-0.2, 0) is 31.0 Å². The SMILES string of the molecule is Cc1ccc(S(=O)(=O)N(CC(=O)Nc2ccc(S(=O)(=O)Nc3ccc(Cl)c(C(F)(F)F)c3)cc2)c2ccc(C)cc2C)cc1. The zero-order chi connectivity index (χ0) is 32.4. The standard InChI is InChI=1S/C30H27ClF3N3O5S2/c1-19-4-10-25(11-5-19)44(41,42)37(28-15-6-20(2)16-21(28)3)18-29(38)35-22-7-12-24(13-8-22)43(39,40)36-23-9-14-27(31)26(17-23)30(32,33)34/h4-17,36H,18H2,1-3H3,(H,35,38). The molecule has 0 bridgehead atoms. The fraction of sp³-hybridized carbons (Fsp3) is 0.167. The minimum Gasteiger partial charge on any atom is -0.325 e. The number of rotatable bonds is 9. The molecule has 0 atom stereocenters. The zero-order valence-corrected chi connectivity index (χ0v) is 26.0. The number of aryl methyl sites for hydroxylation is 3. The van der Waals surface area contributed by atoms with Gasteiger partial charge in [-0.2, -0.15) is 13.2 Å². The van der Waals surface area contributed by atoms with Gasteiger partial charge in [0, 0.05) is 11.4 Å². The lowest BCUT2D eigenvalue weighted by Crippen LogP contribution is -2.38. The van der Waals surface area contributed by atoms with Gasteiger partial charge in [-0.3, -0.25) is 13.8 Å². The average Bonchev–Trinajstić information content (AvgIpc) is 2.93. The molecule has 0 aliphatic heterocycles. The van der Waals surface area contributed by atoms with Gasteiger partial charge in [-0.1, -0.05) is 47.0 Å². The van der Waals surface area contributed by atoms with Gasteiger partial charge in [-0.05, 0) is 87.0 Å². The lowest BCUT2D eigenvalue weighted by atomic mass is 10.1. The van der Waals surface area contributed by atoms with Crippen molar-refractivity contribution in [3.63, 3.8) is 0 Å². The predicted molar refractivity (Wildman–Crippen MR) is 164 cm³/mol. The Labute approximate surface area is 258 Å². The second-order valence-corrected chi connectivity index (χ2v) is 13.9. The van der Waals surface area contributed by atoms with Crippen LogP contribution in [0.1, 0.15) is 22.3 Å². The molecule has 0 heterocycles. The van der Waals surface area contributed by atoms with Crippen molar-refractivity contribution in [2.75, 3.05) is 20.9 Å². The van der Waals surface area contributed by atoms with E-state index in [0.29, 0.717) is 17.3 Å². The van der Waals surface area contributed by atoms with E-state index in [1.54, 1.807) is 37.3 Å². The fourth-order valence-corrected chi connectivity index (χ4v) is 7.05. The molecule has 4 aromatic carbocycles. The van der Waals surface area contributed by atoms with Gasteiger partial charge in [0.15, 0.2) is 0 Å². The first-order valence-electron chi connectivity index (χ1n) is 12.9. The van der Waals surface area contributed by atoms with Crippen molar-refractivity contribution in [2.45, 2.75) is 36.7 Å². The number of alkyl halides is 3. The van der Waals surface area contributed by atoms with Crippen LogP contribution in [0.15, 0.2) is 94.7 Å². The first-order chi connectivity index (χ1) is 20.5. The summed E-state index contributed by atoms with van der Waals surface area (Å²) >= 11 is 5.60. The third-order valence-electron chi connectivity index (χ3n) is 6.49. The highest BCUT2D eigenvalue weighted by Gasteiger charge is 2.34. The lowest BCUT2D eigenvalue weighted by molar-refractivity contribution is -0.137. The topological polar surface area (TPSA) is 113 Å². The number of hydrogen-bond donors (Lipinski definition) is 2. The molecule has 0 spiro atoms. The van der Waals surface area contributed by atoms with E-state index in [9.17, 15) is 34.8 Å². The van der Waals surface area contributed by atoms with Crippen molar-refractivity contribution in [3.8, 4) is 0 Å². The number of anilines is 3. The van der Waals surface area contributed by atoms with Crippen LogP contribution in [0.4, 0.5) is 30.2 Å². The van der Waals surface area contributed by atoms with Crippen LogP contribution < -0.4 is 14.3 Å². The molecule has 4 aromatic rings. The Morgan fingerprint density at radius 3 is 1.93 bits per heavy atom. The Balaban J connectivity index is 1.54. The molecule has 232 valence electrons. The molecule has 0 aliphatic rings. The van der Waals surface area contributed by atoms with Crippen molar-refractivity contribution in [1.29, 1.82) is 0 Å². The molecule has 44 heavy (non-hydrogen) atoms. The molecule has 8 nitrogen and oxygen atoms in total. The highest BCUT2D eigenvalue weighted by atomic mass is 35.5. The number of halogens is 4. The highest BCUT2D eigenvalue weighted by Crippen LogP contribution is 2.36. The molecule has 0 aliphatic carbocycles. The molecule has 0 saturated carbocycles. The van der Waals surface area contributed by atoms with Gasteiger partial charge in [0.05, 0.1) is 26.1 Å². The van der Waals surface area contributed by atoms with Crippen molar-refractivity contribution in [3.05, 3.63) is 112 Å². The lowest BCUT2D eigenvalue weighted by Gasteiger charge is -2.26. The van der Waals surface area contributed by atoms with E-state index < -0.39 is 49.3 Å². The smallest absolute Gasteiger partial charge is 0.325 e. The van der Waals surface area contributed by atoms with Crippen molar-refractivity contribution in [2.24, 2.45) is 0 Å². The van der Waals surface area contributed by atoms with Gasteiger partial charge in [-0.15, -0.1) is 0 Å². The maximum Gasteiger partial charge on any atom is 0.417 e. The molecule has 0 radical (unpaired) electrons. The number of nitrogens with one attached hydrogen (secondary N) is 2. The molecule has 1 amide bonds. The van der Waals surface area contributed by atoms with Gasteiger partial charge in [0.2, 0.25) is 5.91 Å². The summed E-state index contributed by atoms with van der Waals surface area (Å²) in [6.45, 7) is 4.83. The largest absolute Gasteiger partial charge is 0.417 e. The summed E-state index contributed by atoms with van der Waals surface area (Å²) in [5.41, 5.74) is 1.34. The molecule has 0 fully saturated rings. The van der Waals surface area contributed by atoms with E-state index in [4.69, 9.17) is 11.6 Å². The van der Waals surface area contributed by atoms with E-state index in [1.165, 1.54) is 24.3 Å². The van der Waals surface area contributed by atoms with Crippen LogP contribution in [0.2, 0.25) is 5.02 Å². The first-order valence-corrected chi connectivity index (χ1v) is 16.2. The number of benzene rings is 4. The molecule has 2 N–H and O–H groups in total. The molecule has 0 unspecified atom stereocenters. The number of hydrogen-bond acceptors (Lipinski definition) is 5. The van der Waals surface area contributed by atoms with Crippen LogP contribution in [0.3, 0.4) is 0 Å². The minimum absolute atomic E-state index is 0.000904. The normalized spacial score (nSPS) is 12.1. The molecule has 0 aromatic heterocycles. The minimum atomic E-state index is -4.79. The summed E-state index contributed by atoms with van der Waals surface area (Å²) in [4.78, 5) is 12.8. The number of amides is 1. The van der Waals surface area contributed by atoms with E-state index in [0.717, 1.165) is 39.7 Å². The van der Waals surface area contributed by atoms with Crippen LogP contribution >= 0.6 is 11.6 Å². The third kappa shape index (κ3) is 7.52. The van der Waals surface area contributed by atoms with Crippen LogP contribution in [0.5, 0.6) is 0 Å². The maximum atomic E-state index is 13.7. The van der Waals surface area contributed by atoms with Gasteiger partial charge >= 0.3 is 6.18 Å². The fourth-order valence-electron chi connectivity index (χ4n) is 4.29. The average molecular weight is 666 g/mol. The molecular weight excluding hydrogens is 639 g/mol. The maximum absolute atomic E-state index is 13.7. The number of carbonyl (C=O) groups is 1. The van der Waals surface area contributed by atoms with Crippen molar-refractivity contribution >= 4 is 54.6 Å².